The van der Waals surface area contributed by atoms with Crippen LogP contribution < -0.4 is 9.46 Å². The number of methoxy groups -OCH3 is 1. The topological polar surface area (TPSA) is 94.3 Å². The average molecular weight is 377 g/mol. The summed E-state index contributed by atoms with van der Waals surface area (Å²) >= 11 is 0. The number of hydrogen-bond donors (Lipinski definition) is 1. The highest BCUT2D eigenvalue weighted by Gasteiger charge is 2.22. The van der Waals surface area contributed by atoms with Crippen LogP contribution in [0.15, 0.2) is 57.9 Å². The van der Waals surface area contributed by atoms with E-state index >= 15 is 0 Å². The summed E-state index contributed by atoms with van der Waals surface area (Å²) < 4.78 is 50.3. The number of nitrogens with one attached hydrogen (secondary N) is 1. The normalized spacial score (nSPS) is 12.7. The molecule has 1 aromatic heterocycles. The third-order valence-corrected chi connectivity index (χ3v) is 5.17. The molecule has 0 aliphatic carbocycles. The average Bonchev–Trinajstić information content (AvgIpc) is 3.12. The molecule has 136 valence electrons. The molecule has 3 rings (SSSR count). The Labute approximate surface area is 149 Å². The molecule has 0 saturated carbocycles. The van der Waals surface area contributed by atoms with E-state index in [0.29, 0.717) is 17.1 Å². The number of ether oxygens (including phenoxy) is 1. The maximum atomic E-state index is 13.0. The zero-order valence-corrected chi connectivity index (χ0v) is 14.8. The molecule has 1 atom stereocenters. The van der Waals surface area contributed by atoms with E-state index in [0.717, 1.165) is 12.1 Å². The monoisotopic (exact) mass is 377 g/mol. The lowest BCUT2D eigenvalue weighted by atomic mass is 10.2. The molecule has 0 spiro atoms. The van der Waals surface area contributed by atoms with Crippen molar-refractivity contribution in [2.45, 2.75) is 17.9 Å². The molecule has 0 fully saturated rings. The highest BCUT2D eigenvalue weighted by molar-refractivity contribution is 7.89. The van der Waals surface area contributed by atoms with Crippen LogP contribution in [-0.4, -0.2) is 25.7 Å². The van der Waals surface area contributed by atoms with Gasteiger partial charge in [0.1, 0.15) is 11.6 Å². The first kappa shape index (κ1) is 18.0. The predicted octanol–water partition coefficient (Wildman–Crippen LogP) is 2.92. The summed E-state index contributed by atoms with van der Waals surface area (Å²) in [6, 6.07) is 10.8. The van der Waals surface area contributed by atoms with E-state index in [9.17, 15) is 12.8 Å². The lowest BCUT2D eigenvalue weighted by Crippen LogP contribution is -2.27. The van der Waals surface area contributed by atoms with Crippen LogP contribution in [0.3, 0.4) is 0 Å². The van der Waals surface area contributed by atoms with Crippen LogP contribution >= 0.6 is 0 Å². The van der Waals surface area contributed by atoms with Gasteiger partial charge in [-0.25, -0.2) is 12.8 Å². The fraction of sp³-hybridized carbons (Fsp3) is 0.176. The quantitative estimate of drug-likeness (QED) is 0.710. The number of hydrogen-bond acceptors (Lipinski definition) is 6. The van der Waals surface area contributed by atoms with Gasteiger partial charge >= 0.3 is 0 Å². The van der Waals surface area contributed by atoms with Crippen molar-refractivity contribution in [1.29, 1.82) is 0 Å². The minimum absolute atomic E-state index is 0.0550. The van der Waals surface area contributed by atoms with Crippen molar-refractivity contribution < 1.29 is 22.1 Å². The molecule has 3 aromatic rings. The Kier molecular flexibility index (Phi) is 5.01. The number of rotatable bonds is 6. The third-order valence-electron chi connectivity index (χ3n) is 3.62. The van der Waals surface area contributed by atoms with Crippen LogP contribution in [0.5, 0.6) is 5.75 Å². The summed E-state index contributed by atoms with van der Waals surface area (Å²) in [7, 11) is -2.28. The highest BCUT2D eigenvalue weighted by atomic mass is 32.2. The molecule has 7 nitrogen and oxygen atoms in total. The Morgan fingerprint density at radius 3 is 2.38 bits per heavy atom. The molecule has 0 unspecified atom stereocenters. The molecule has 0 saturated heterocycles. The van der Waals surface area contributed by atoms with Crippen molar-refractivity contribution in [2.24, 2.45) is 0 Å². The fourth-order valence-electron chi connectivity index (χ4n) is 2.23. The molecule has 1 heterocycles. The van der Waals surface area contributed by atoms with Gasteiger partial charge in [-0.15, -0.1) is 0 Å². The van der Waals surface area contributed by atoms with Gasteiger partial charge in [-0.05, 0) is 55.5 Å². The van der Waals surface area contributed by atoms with Crippen molar-refractivity contribution in [1.82, 2.24) is 14.9 Å². The van der Waals surface area contributed by atoms with Crippen LogP contribution in [0, 0.1) is 5.82 Å². The Morgan fingerprint density at radius 1 is 1.12 bits per heavy atom. The van der Waals surface area contributed by atoms with Gasteiger partial charge in [0.15, 0.2) is 0 Å². The fourth-order valence-corrected chi connectivity index (χ4v) is 3.43. The maximum absolute atomic E-state index is 13.0. The lowest BCUT2D eigenvalue weighted by molar-refractivity contribution is 0.354. The Morgan fingerprint density at radius 2 is 1.77 bits per heavy atom. The molecule has 0 radical (unpaired) electrons. The summed E-state index contributed by atoms with van der Waals surface area (Å²) in [5, 5.41) is 3.87. The van der Waals surface area contributed by atoms with Gasteiger partial charge in [0, 0.05) is 5.56 Å². The van der Waals surface area contributed by atoms with Crippen LogP contribution in [0.1, 0.15) is 18.9 Å². The maximum Gasteiger partial charge on any atom is 0.244 e. The molecular formula is C17H16FN3O4S. The van der Waals surface area contributed by atoms with Crippen LogP contribution in [0.25, 0.3) is 11.4 Å². The predicted molar refractivity (Wildman–Crippen MR) is 91.4 cm³/mol. The van der Waals surface area contributed by atoms with Gasteiger partial charge < -0.3 is 9.26 Å². The van der Waals surface area contributed by atoms with Gasteiger partial charge in [-0.2, -0.15) is 9.71 Å². The van der Waals surface area contributed by atoms with Crippen LogP contribution in [0.2, 0.25) is 0 Å². The zero-order chi connectivity index (χ0) is 18.7. The second-order valence-corrected chi connectivity index (χ2v) is 7.20. The van der Waals surface area contributed by atoms with Crippen molar-refractivity contribution in [3.05, 3.63) is 60.2 Å². The van der Waals surface area contributed by atoms with Gasteiger partial charge in [0.25, 0.3) is 0 Å². The van der Waals surface area contributed by atoms with E-state index in [4.69, 9.17) is 9.26 Å². The smallest absolute Gasteiger partial charge is 0.244 e. The third kappa shape index (κ3) is 3.89. The largest absolute Gasteiger partial charge is 0.497 e. The second-order valence-electron chi connectivity index (χ2n) is 5.48. The molecule has 0 amide bonds. The van der Waals surface area contributed by atoms with Gasteiger partial charge in [0.05, 0.1) is 18.0 Å². The van der Waals surface area contributed by atoms with E-state index in [2.05, 4.69) is 14.9 Å². The number of benzene rings is 2. The molecule has 26 heavy (non-hydrogen) atoms. The van der Waals surface area contributed by atoms with Crippen molar-refractivity contribution in [2.75, 3.05) is 7.11 Å². The number of nitrogens with zero attached hydrogens (tertiary/aromatic N) is 2. The minimum Gasteiger partial charge on any atom is -0.497 e. The van der Waals surface area contributed by atoms with Gasteiger partial charge in [0.2, 0.25) is 21.7 Å². The summed E-state index contributed by atoms with van der Waals surface area (Å²) in [6.07, 6.45) is 0. The zero-order valence-electron chi connectivity index (χ0n) is 14.0. The lowest BCUT2D eigenvalue weighted by Gasteiger charge is -2.10. The number of aromatic nitrogens is 2. The summed E-state index contributed by atoms with van der Waals surface area (Å²) in [5.74, 6) is 0.618. The highest BCUT2D eigenvalue weighted by Crippen LogP contribution is 2.22. The molecule has 0 aliphatic rings. The molecular weight excluding hydrogens is 361 g/mol. The Balaban J connectivity index is 1.77. The van der Waals surface area contributed by atoms with Crippen molar-refractivity contribution in [3.63, 3.8) is 0 Å². The van der Waals surface area contributed by atoms with E-state index in [-0.39, 0.29) is 10.8 Å². The summed E-state index contributed by atoms with van der Waals surface area (Å²) in [5.41, 5.74) is 0.703. The Bertz CT molecular complexity index is 986. The first-order valence-corrected chi connectivity index (χ1v) is 9.13. The number of halogens is 1. The van der Waals surface area contributed by atoms with Gasteiger partial charge in [-0.1, -0.05) is 5.16 Å². The van der Waals surface area contributed by atoms with E-state index < -0.39 is 21.9 Å². The molecule has 1 N–H and O–H groups in total. The van der Waals surface area contributed by atoms with Crippen molar-refractivity contribution >= 4 is 10.0 Å². The summed E-state index contributed by atoms with van der Waals surface area (Å²) in [6.45, 7) is 1.58. The minimum atomic E-state index is -3.85. The SMILES string of the molecule is COc1ccc(-c2noc([C@@H](C)NS(=O)(=O)c3ccc(F)cc3)n2)cc1. The second kappa shape index (κ2) is 7.22. The van der Waals surface area contributed by atoms with Gasteiger partial charge in [-0.3, -0.25) is 0 Å². The molecule has 0 aliphatic heterocycles. The van der Waals surface area contributed by atoms with Crippen LogP contribution in [0.4, 0.5) is 4.39 Å². The van der Waals surface area contributed by atoms with Crippen LogP contribution in [-0.2, 0) is 10.0 Å². The van der Waals surface area contributed by atoms with E-state index in [1.807, 2.05) is 0 Å². The number of sulfonamides is 1. The molecule has 9 heteroatoms. The first-order chi connectivity index (χ1) is 12.4. The standard InChI is InChI=1S/C17H16FN3O4S/c1-11(21-26(22,23)15-9-5-13(18)6-10-15)17-19-16(20-25-17)12-3-7-14(24-2)8-4-12/h3-11,21H,1-2H3/t11-/m1/s1. The van der Waals surface area contributed by atoms with Crippen molar-refractivity contribution in [3.8, 4) is 17.1 Å². The molecule has 2 aromatic carbocycles. The van der Waals surface area contributed by atoms with E-state index in [1.165, 1.54) is 12.1 Å². The Hall–Kier alpha value is -2.78. The molecule has 0 bridgehead atoms. The van der Waals surface area contributed by atoms with E-state index in [1.54, 1.807) is 38.3 Å². The summed E-state index contributed by atoms with van der Waals surface area (Å²) in [4.78, 5) is 4.17. The first-order valence-electron chi connectivity index (χ1n) is 7.65.